The molecule has 88 valence electrons. The van der Waals surface area contributed by atoms with E-state index in [-0.39, 0.29) is 5.78 Å². The third-order valence-corrected chi connectivity index (χ3v) is 2.89. The minimum atomic E-state index is 0.0572. The zero-order chi connectivity index (χ0) is 12.3. The van der Waals surface area contributed by atoms with Gasteiger partial charge in [0.25, 0.3) is 0 Å². The van der Waals surface area contributed by atoms with Crippen molar-refractivity contribution in [3.8, 4) is 0 Å². The molecule has 0 amide bonds. The summed E-state index contributed by atoms with van der Waals surface area (Å²) in [4.78, 5) is 12.4. The molecule has 0 bridgehead atoms. The molecule has 1 aromatic heterocycles. The van der Waals surface area contributed by atoms with Gasteiger partial charge in [0.05, 0.1) is 0 Å². The lowest BCUT2D eigenvalue weighted by Gasteiger charge is -2.07. The monoisotopic (exact) mass is 228 g/mol. The Bertz CT molecular complexity index is 529. The van der Waals surface area contributed by atoms with E-state index in [1.165, 1.54) is 0 Å². The lowest BCUT2D eigenvalue weighted by Crippen LogP contribution is -2.12. The van der Waals surface area contributed by atoms with Crippen LogP contribution >= 0.6 is 0 Å². The van der Waals surface area contributed by atoms with Crippen molar-refractivity contribution in [2.75, 3.05) is 0 Å². The molecule has 17 heavy (non-hydrogen) atoms. The number of benzene rings is 1. The number of carbonyl (C=O) groups excluding carboxylic acids is 1. The highest BCUT2D eigenvalue weighted by Crippen LogP contribution is 2.15. The molecule has 0 fully saturated rings. The van der Waals surface area contributed by atoms with E-state index in [4.69, 9.17) is 0 Å². The SMILES string of the molecule is CCc1ccccc1C(=O)c1ccnn1CC. The van der Waals surface area contributed by atoms with Crippen LogP contribution in [0.1, 0.15) is 35.5 Å². The number of carbonyl (C=O) groups is 1. The first-order chi connectivity index (χ1) is 8.27. The normalized spacial score (nSPS) is 10.5. The maximum Gasteiger partial charge on any atom is 0.211 e. The molecule has 0 N–H and O–H groups in total. The van der Waals surface area contributed by atoms with Crippen LogP contribution in [-0.4, -0.2) is 15.6 Å². The molecule has 1 aromatic carbocycles. The molecule has 0 atom stereocenters. The van der Waals surface area contributed by atoms with Gasteiger partial charge in [-0.3, -0.25) is 9.48 Å². The Labute approximate surface area is 101 Å². The van der Waals surface area contributed by atoms with Crippen LogP contribution in [0.2, 0.25) is 0 Å². The second-order valence-corrected chi connectivity index (χ2v) is 3.87. The van der Waals surface area contributed by atoms with Gasteiger partial charge in [-0.1, -0.05) is 31.2 Å². The van der Waals surface area contributed by atoms with E-state index in [0.29, 0.717) is 12.2 Å². The molecular weight excluding hydrogens is 212 g/mol. The quantitative estimate of drug-likeness (QED) is 0.754. The summed E-state index contributed by atoms with van der Waals surface area (Å²) < 4.78 is 1.73. The molecule has 3 nitrogen and oxygen atoms in total. The third kappa shape index (κ3) is 2.13. The van der Waals surface area contributed by atoms with Crippen molar-refractivity contribution in [1.29, 1.82) is 0 Å². The largest absolute Gasteiger partial charge is 0.287 e. The average Bonchev–Trinajstić information content (AvgIpc) is 2.86. The molecule has 0 aliphatic heterocycles. The topological polar surface area (TPSA) is 34.9 Å². The Morgan fingerprint density at radius 2 is 2.00 bits per heavy atom. The zero-order valence-corrected chi connectivity index (χ0v) is 10.2. The minimum Gasteiger partial charge on any atom is -0.287 e. The van der Waals surface area contributed by atoms with E-state index in [2.05, 4.69) is 12.0 Å². The zero-order valence-electron chi connectivity index (χ0n) is 10.2. The number of hydrogen-bond donors (Lipinski definition) is 0. The van der Waals surface area contributed by atoms with Crippen LogP contribution in [0.15, 0.2) is 36.5 Å². The predicted molar refractivity (Wildman–Crippen MR) is 67.2 cm³/mol. The summed E-state index contributed by atoms with van der Waals surface area (Å²) in [5.41, 5.74) is 2.53. The van der Waals surface area contributed by atoms with Crippen LogP contribution in [0.5, 0.6) is 0 Å². The fourth-order valence-electron chi connectivity index (χ4n) is 1.97. The number of aromatic nitrogens is 2. The highest BCUT2D eigenvalue weighted by molar-refractivity contribution is 6.08. The van der Waals surface area contributed by atoms with Crippen LogP contribution < -0.4 is 0 Å². The number of ketones is 1. The second-order valence-electron chi connectivity index (χ2n) is 3.87. The van der Waals surface area contributed by atoms with E-state index in [1.807, 2.05) is 31.2 Å². The van der Waals surface area contributed by atoms with Gasteiger partial charge < -0.3 is 0 Å². The summed E-state index contributed by atoms with van der Waals surface area (Å²) in [5.74, 6) is 0.0572. The van der Waals surface area contributed by atoms with Gasteiger partial charge in [0.2, 0.25) is 5.78 Å². The molecule has 3 heteroatoms. The highest BCUT2D eigenvalue weighted by atomic mass is 16.1. The highest BCUT2D eigenvalue weighted by Gasteiger charge is 2.15. The Morgan fingerprint density at radius 1 is 1.24 bits per heavy atom. The van der Waals surface area contributed by atoms with Gasteiger partial charge in [-0.2, -0.15) is 5.10 Å². The van der Waals surface area contributed by atoms with E-state index in [1.54, 1.807) is 16.9 Å². The van der Waals surface area contributed by atoms with Gasteiger partial charge in [0, 0.05) is 18.3 Å². The smallest absolute Gasteiger partial charge is 0.211 e. The number of hydrogen-bond acceptors (Lipinski definition) is 2. The number of rotatable bonds is 4. The molecular formula is C14H16N2O. The summed E-state index contributed by atoms with van der Waals surface area (Å²) in [6, 6.07) is 9.53. The van der Waals surface area contributed by atoms with Gasteiger partial charge in [0.15, 0.2) is 0 Å². The molecule has 0 aliphatic rings. The van der Waals surface area contributed by atoms with Gasteiger partial charge in [-0.15, -0.1) is 0 Å². The van der Waals surface area contributed by atoms with E-state index < -0.39 is 0 Å². The Hall–Kier alpha value is -1.90. The number of aryl methyl sites for hydroxylation is 2. The first-order valence-electron chi connectivity index (χ1n) is 5.92. The molecule has 2 rings (SSSR count). The second kappa shape index (κ2) is 4.95. The van der Waals surface area contributed by atoms with Gasteiger partial charge in [-0.25, -0.2) is 0 Å². The molecule has 2 aromatic rings. The van der Waals surface area contributed by atoms with Crippen molar-refractivity contribution in [2.45, 2.75) is 26.8 Å². The summed E-state index contributed by atoms with van der Waals surface area (Å²) in [7, 11) is 0. The van der Waals surface area contributed by atoms with Crippen molar-refractivity contribution in [3.05, 3.63) is 53.3 Å². The first kappa shape index (κ1) is 11.6. The van der Waals surface area contributed by atoms with Gasteiger partial charge >= 0.3 is 0 Å². The maximum absolute atomic E-state index is 12.4. The van der Waals surface area contributed by atoms with Crippen molar-refractivity contribution in [2.24, 2.45) is 0 Å². The van der Waals surface area contributed by atoms with Crippen LogP contribution in [0.25, 0.3) is 0 Å². The lowest BCUT2D eigenvalue weighted by molar-refractivity contribution is 0.102. The molecule has 0 saturated carbocycles. The van der Waals surface area contributed by atoms with Crippen LogP contribution in [-0.2, 0) is 13.0 Å². The van der Waals surface area contributed by atoms with E-state index in [9.17, 15) is 4.79 Å². The van der Waals surface area contributed by atoms with Crippen molar-refractivity contribution < 1.29 is 4.79 Å². The fourth-order valence-corrected chi connectivity index (χ4v) is 1.97. The van der Waals surface area contributed by atoms with Gasteiger partial charge in [-0.05, 0) is 25.0 Å². The van der Waals surface area contributed by atoms with Crippen LogP contribution in [0, 0.1) is 0 Å². The summed E-state index contributed by atoms with van der Waals surface area (Å²) in [6.45, 7) is 4.75. The van der Waals surface area contributed by atoms with Crippen LogP contribution in [0.4, 0.5) is 0 Å². The standard InChI is InChI=1S/C14H16N2O/c1-3-11-7-5-6-8-12(11)14(17)13-9-10-15-16(13)4-2/h5-10H,3-4H2,1-2H3. The summed E-state index contributed by atoms with van der Waals surface area (Å²) in [6.07, 6.45) is 2.54. The molecule has 0 radical (unpaired) electrons. The van der Waals surface area contributed by atoms with E-state index in [0.717, 1.165) is 17.5 Å². The molecule has 0 spiro atoms. The number of nitrogens with zero attached hydrogens (tertiary/aromatic N) is 2. The fraction of sp³-hybridized carbons (Fsp3) is 0.286. The first-order valence-corrected chi connectivity index (χ1v) is 5.92. The Morgan fingerprint density at radius 3 is 2.71 bits per heavy atom. The van der Waals surface area contributed by atoms with E-state index >= 15 is 0 Å². The minimum absolute atomic E-state index is 0.0572. The van der Waals surface area contributed by atoms with Crippen molar-refractivity contribution in [1.82, 2.24) is 9.78 Å². The molecule has 0 unspecified atom stereocenters. The summed E-state index contributed by atoms with van der Waals surface area (Å²) >= 11 is 0. The molecule has 0 saturated heterocycles. The Balaban J connectivity index is 2.44. The molecule has 1 heterocycles. The Kier molecular flexibility index (Phi) is 3.38. The molecule has 0 aliphatic carbocycles. The lowest BCUT2D eigenvalue weighted by atomic mass is 10.00. The van der Waals surface area contributed by atoms with Crippen molar-refractivity contribution in [3.63, 3.8) is 0 Å². The van der Waals surface area contributed by atoms with Crippen molar-refractivity contribution >= 4 is 5.78 Å². The maximum atomic E-state index is 12.4. The average molecular weight is 228 g/mol. The summed E-state index contributed by atoms with van der Waals surface area (Å²) in [5, 5.41) is 4.13. The third-order valence-electron chi connectivity index (χ3n) is 2.89. The predicted octanol–water partition coefficient (Wildman–Crippen LogP) is 2.70. The van der Waals surface area contributed by atoms with Gasteiger partial charge in [0.1, 0.15) is 5.69 Å². The van der Waals surface area contributed by atoms with Crippen LogP contribution in [0.3, 0.4) is 0 Å².